The van der Waals surface area contributed by atoms with E-state index < -0.39 is 0 Å². The molecule has 2 aliphatic heterocycles. The molecule has 16 heavy (non-hydrogen) atoms. The summed E-state index contributed by atoms with van der Waals surface area (Å²) in [7, 11) is 0. The third-order valence-corrected chi connectivity index (χ3v) is 3.46. The lowest BCUT2D eigenvalue weighted by molar-refractivity contribution is 0.102. The van der Waals surface area contributed by atoms with Gasteiger partial charge in [0, 0.05) is 12.1 Å². The minimum atomic E-state index is 0.222. The molecule has 1 aromatic rings. The van der Waals surface area contributed by atoms with Crippen LogP contribution in [-0.4, -0.2) is 24.5 Å². The van der Waals surface area contributed by atoms with E-state index in [9.17, 15) is 0 Å². The van der Waals surface area contributed by atoms with E-state index in [1.807, 2.05) is 6.26 Å². The fraction of sp³-hybridized carbons (Fsp3) is 0.429. The van der Waals surface area contributed by atoms with Gasteiger partial charge < -0.3 is 4.74 Å². The summed E-state index contributed by atoms with van der Waals surface area (Å²) in [6.07, 6.45) is 6.78. The Kier molecular flexibility index (Phi) is 2.66. The third kappa shape index (κ3) is 1.85. The molecule has 0 aliphatic carbocycles. The van der Waals surface area contributed by atoms with Crippen LogP contribution in [0, 0.1) is 0 Å². The lowest BCUT2D eigenvalue weighted by Gasteiger charge is -2.26. The van der Waals surface area contributed by atoms with Gasteiger partial charge in [-0.2, -0.15) is 0 Å². The summed E-state index contributed by atoms with van der Waals surface area (Å²) in [6.45, 7) is 3.48. The minimum absolute atomic E-state index is 0.222. The Labute approximate surface area is 96.5 Å². The number of benzene rings is 1. The molecule has 1 unspecified atom stereocenters. The maximum absolute atomic E-state index is 5.74. The number of hydrogen-bond acceptors (Lipinski definition) is 2. The van der Waals surface area contributed by atoms with Crippen molar-refractivity contribution >= 4 is 6.08 Å². The van der Waals surface area contributed by atoms with E-state index >= 15 is 0 Å². The molecule has 1 fully saturated rings. The van der Waals surface area contributed by atoms with Gasteiger partial charge in [-0.05, 0) is 37.6 Å². The number of fused-ring (bicyclic) bond motifs is 1. The van der Waals surface area contributed by atoms with Gasteiger partial charge in [0.15, 0.2) is 0 Å². The molecule has 0 radical (unpaired) electrons. The van der Waals surface area contributed by atoms with E-state index in [0.29, 0.717) is 0 Å². The summed E-state index contributed by atoms with van der Waals surface area (Å²) in [5, 5.41) is 0. The maximum atomic E-state index is 5.74. The Balaban J connectivity index is 1.78. The van der Waals surface area contributed by atoms with Crippen LogP contribution in [0.25, 0.3) is 6.08 Å². The third-order valence-electron chi connectivity index (χ3n) is 3.46. The highest BCUT2D eigenvalue weighted by molar-refractivity contribution is 5.55. The van der Waals surface area contributed by atoms with Crippen LogP contribution >= 0.6 is 0 Å². The van der Waals surface area contributed by atoms with E-state index in [4.69, 9.17) is 4.74 Å². The van der Waals surface area contributed by atoms with Gasteiger partial charge >= 0.3 is 0 Å². The predicted octanol–water partition coefficient (Wildman–Crippen LogP) is 2.82. The monoisotopic (exact) mass is 215 g/mol. The Hall–Kier alpha value is -1.28. The number of nitrogens with zero attached hydrogens (tertiary/aromatic N) is 1. The van der Waals surface area contributed by atoms with Gasteiger partial charge in [0.1, 0.15) is 6.10 Å². The normalized spacial score (nSPS) is 24.1. The number of rotatable bonds is 2. The van der Waals surface area contributed by atoms with Gasteiger partial charge in [-0.3, -0.25) is 4.90 Å². The fourth-order valence-corrected chi connectivity index (χ4v) is 2.58. The molecule has 0 bridgehead atoms. The summed E-state index contributed by atoms with van der Waals surface area (Å²) in [4.78, 5) is 2.50. The van der Waals surface area contributed by atoms with Crippen LogP contribution in [0.2, 0.25) is 0 Å². The molecule has 2 aliphatic rings. The van der Waals surface area contributed by atoms with Crippen LogP contribution in [0.5, 0.6) is 0 Å². The van der Waals surface area contributed by atoms with Gasteiger partial charge in [0.05, 0.1) is 6.26 Å². The van der Waals surface area contributed by atoms with Crippen LogP contribution in [0.1, 0.15) is 30.1 Å². The zero-order valence-corrected chi connectivity index (χ0v) is 9.43. The Bertz CT molecular complexity index is 393. The lowest BCUT2D eigenvalue weighted by Crippen LogP contribution is -2.27. The average Bonchev–Trinajstić information content (AvgIpc) is 2.82. The van der Waals surface area contributed by atoms with Crippen LogP contribution in [0.4, 0.5) is 0 Å². The highest BCUT2D eigenvalue weighted by Crippen LogP contribution is 2.28. The van der Waals surface area contributed by atoms with Crippen LogP contribution in [0.3, 0.4) is 0 Å². The van der Waals surface area contributed by atoms with Crippen molar-refractivity contribution in [3.63, 3.8) is 0 Å². The van der Waals surface area contributed by atoms with Gasteiger partial charge in [-0.15, -0.1) is 0 Å². The highest BCUT2D eigenvalue weighted by Gasteiger charge is 2.22. The molecule has 0 saturated carbocycles. The van der Waals surface area contributed by atoms with E-state index in [2.05, 4.69) is 35.2 Å². The first kappa shape index (κ1) is 9.91. The molecule has 2 heterocycles. The quantitative estimate of drug-likeness (QED) is 0.752. The average molecular weight is 215 g/mol. The van der Waals surface area contributed by atoms with Crippen LogP contribution in [-0.2, 0) is 4.74 Å². The van der Waals surface area contributed by atoms with Gasteiger partial charge in [0.2, 0.25) is 0 Å². The molecule has 0 N–H and O–H groups in total. The van der Waals surface area contributed by atoms with Crippen molar-refractivity contribution in [3.05, 3.63) is 41.7 Å². The number of hydrogen-bond donors (Lipinski definition) is 0. The largest absolute Gasteiger partial charge is 0.492 e. The molecule has 0 aromatic heterocycles. The van der Waals surface area contributed by atoms with Crippen molar-refractivity contribution in [3.8, 4) is 0 Å². The zero-order chi connectivity index (χ0) is 10.8. The first-order chi connectivity index (χ1) is 7.93. The second-order valence-electron chi connectivity index (χ2n) is 4.56. The molecule has 0 spiro atoms. The lowest BCUT2D eigenvalue weighted by atomic mass is 10.0. The first-order valence-corrected chi connectivity index (χ1v) is 6.07. The first-order valence-electron chi connectivity index (χ1n) is 6.07. The highest BCUT2D eigenvalue weighted by atomic mass is 16.5. The summed E-state index contributed by atoms with van der Waals surface area (Å²) in [6, 6.07) is 8.52. The van der Waals surface area contributed by atoms with Gasteiger partial charge in [0.25, 0.3) is 0 Å². The molecule has 0 amide bonds. The maximum Gasteiger partial charge on any atom is 0.136 e. The van der Waals surface area contributed by atoms with Crippen molar-refractivity contribution in [2.24, 2.45) is 0 Å². The SMILES string of the molecule is C1=Cc2ccccc2C(CN2CCCC2)O1. The van der Waals surface area contributed by atoms with Crippen molar-refractivity contribution < 1.29 is 4.74 Å². The topological polar surface area (TPSA) is 12.5 Å². The Morgan fingerprint density at radius 1 is 1.19 bits per heavy atom. The molecule has 84 valence electrons. The van der Waals surface area contributed by atoms with Gasteiger partial charge in [-0.1, -0.05) is 24.3 Å². The summed E-state index contributed by atoms with van der Waals surface area (Å²) < 4.78 is 5.74. The second-order valence-corrected chi connectivity index (χ2v) is 4.56. The second kappa shape index (κ2) is 4.30. The molecule has 2 heteroatoms. The Morgan fingerprint density at radius 3 is 2.88 bits per heavy atom. The van der Waals surface area contributed by atoms with Crippen LogP contribution in [0.15, 0.2) is 30.5 Å². The standard InChI is InChI=1S/C14H17NO/c1-2-6-13-12(5-1)7-10-16-14(13)11-15-8-3-4-9-15/h1-2,5-7,10,14H,3-4,8-9,11H2. The predicted molar refractivity (Wildman–Crippen MR) is 65.0 cm³/mol. The molecule has 1 aromatic carbocycles. The van der Waals surface area contributed by atoms with Crippen LogP contribution < -0.4 is 0 Å². The molecule has 1 saturated heterocycles. The number of likely N-dealkylation sites (tertiary alicyclic amines) is 1. The smallest absolute Gasteiger partial charge is 0.136 e. The van der Waals surface area contributed by atoms with Gasteiger partial charge in [-0.25, -0.2) is 0 Å². The Morgan fingerprint density at radius 2 is 2.00 bits per heavy atom. The molecule has 2 nitrogen and oxygen atoms in total. The number of ether oxygens (including phenoxy) is 1. The van der Waals surface area contributed by atoms with E-state index in [-0.39, 0.29) is 6.10 Å². The van der Waals surface area contributed by atoms with Crippen molar-refractivity contribution in [1.82, 2.24) is 4.90 Å². The summed E-state index contributed by atoms with van der Waals surface area (Å²) in [5.74, 6) is 0. The molecule has 1 atom stereocenters. The fourth-order valence-electron chi connectivity index (χ4n) is 2.58. The van der Waals surface area contributed by atoms with E-state index in [0.717, 1.165) is 6.54 Å². The van der Waals surface area contributed by atoms with Crippen molar-refractivity contribution in [2.45, 2.75) is 18.9 Å². The minimum Gasteiger partial charge on any atom is -0.492 e. The van der Waals surface area contributed by atoms with Crippen molar-refractivity contribution in [2.75, 3.05) is 19.6 Å². The van der Waals surface area contributed by atoms with E-state index in [1.165, 1.54) is 37.1 Å². The molecular formula is C14H17NO. The summed E-state index contributed by atoms with van der Waals surface area (Å²) in [5.41, 5.74) is 2.63. The van der Waals surface area contributed by atoms with Crippen molar-refractivity contribution in [1.29, 1.82) is 0 Å². The molecule has 3 rings (SSSR count). The summed E-state index contributed by atoms with van der Waals surface area (Å²) >= 11 is 0. The molecular weight excluding hydrogens is 198 g/mol. The van der Waals surface area contributed by atoms with E-state index in [1.54, 1.807) is 0 Å². The zero-order valence-electron chi connectivity index (χ0n) is 9.43.